The topological polar surface area (TPSA) is 49.7 Å². The molecule has 0 aromatic heterocycles. The quantitative estimate of drug-likeness (QED) is 0.727. The zero-order valence-corrected chi connectivity index (χ0v) is 10.3. The lowest BCUT2D eigenvalue weighted by molar-refractivity contribution is 0.431. The molecule has 0 atom stereocenters. The summed E-state index contributed by atoms with van der Waals surface area (Å²) in [5.41, 5.74) is 3.03. The molecule has 0 unspecified atom stereocenters. The molecule has 0 aromatic rings. The van der Waals surface area contributed by atoms with Crippen LogP contribution in [0.3, 0.4) is 0 Å². The van der Waals surface area contributed by atoms with E-state index in [4.69, 9.17) is 0 Å². The first kappa shape index (κ1) is 12.6. The first-order valence-corrected chi connectivity index (χ1v) is 6.29. The molecule has 0 amide bonds. The van der Waals surface area contributed by atoms with Crippen LogP contribution in [0.2, 0.25) is 0 Å². The highest BCUT2D eigenvalue weighted by Crippen LogP contribution is 2.26. The van der Waals surface area contributed by atoms with Gasteiger partial charge in [-0.05, 0) is 60.6 Å². The van der Waals surface area contributed by atoms with E-state index in [0.717, 1.165) is 31.3 Å². The Balaban J connectivity index is 2.11. The van der Waals surface area contributed by atoms with Crippen LogP contribution in [0, 0.1) is 4.91 Å². The molecule has 18 heavy (non-hydrogen) atoms. The van der Waals surface area contributed by atoms with E-state index in [1.807, 2.05) is 12.2 Å². The molecule has 2 rings (SSSR count). The normalized spacial score (nSPS) is 26.4. The van der Waals surface area contributed by atoms with Crippen LogP contribution in [-0.4, -0.2) is 5.11 Å². The molecule has 0 spiro atoms. The van der Waals surface area contributed by atoms with Crippen LogP contribution in [0.25, 0.3) is 0 Å². The average molecular weight is 243 g/mol. The van der Waals surface area contributed by atoms with Crippen molar-refractivity contribution < 1.29 is 5.11 Å². The second kappa shape index (κ2) is 6.15. The maximum absolute atomic E-state index is 10.6. The first-order valence-electron chi connectivity index (χ1n) is 6.29. The van der Waals surface area contributed by atoms with Gasteiger partial charge in [0.15, 0.2) is 0 Å². The summed E-state index contributed by atoms with van der Waals surface area (Å²) in [7, 11) is 0. The molecule has 2 aliphatic carbocycles. The van der Waals surface area contributed by atoms with Crippen LogP contribution in [0.1, 0.15) is 32.1 Å². The van der Waals surface area contributed by atoms with Gasteiger partial charge in [-0.15, -0.1) is 4.91 Å². The average Bonchev–Trinajstić information content (AvgIpc) is 2.55. The number of nitrogens with zero attached hydrogens (tertiary/aromatic N) is 1. The summed E-state index contributed by atoms with van der Waals surface area (Å²) in [5.74, 6) is 0.308. The van der Waals surface area contributed by atoms with Crippen molar-refractivity contribution in [3.63, 3.8) is 0 Å². The third-order valence-corrected chi connectivity index (χ3v) is 3.17. The number of allylic oxidation sites excluding steroid dienone is 9. The molecule has 0 fully saturated rings. The fourth-order valence-electron chi connectivity index (χ4n) is 2.18. The lowest BCUT2D eigenvalue weighted by Gasteiger charge is -2.11. The SMILES string of the molecule is O=N/C1=C/CC/C=C(/C2=CCC=C(O)C=C2)CC1. The summed E-state index contributed by atoms with van der Waals surface area (Å²) in [6.45, 7) is 0. The largest absolute Gasteiger partial charge is 0.508 e. The van der Waals surface area contributed by atoms with Crippen LogP contribution in [0.15, 0.2) is 64.2 Å². The molecule has 0 heterocycles. The summed E-state index contributed by atoms with van der Waals surface area (Å²) in [4.78, 5) is 10.6. The molecule has 1 N–H and O–H groups in total. The van der Waals surface area contributed by atoms with E-state index < -0.39 is 0 Å². The summed E-state index contributed by atoms with van der Waals surface area (Å²) >= 11 is 0. The number of aliphatic hydroxyl groups is 1. The molecule has 0 aromatic carbocycles. The Hall–Kier alpha value is -1.90. The van der Waals surface area contributed by atoms with Gasteiger partial charge in [-0.25, -0.2) is 0 Å². The van der Waals surface area contributed by atoms with E-state index in [1.54, 1.807) is 12.2 Å². The van der Waals surface area contributed by atoms with Crippen molar-refractivity contribution in [2.45, 2.75) is 32.1 Å². The molecule has 0 radical (unpaired) electrons. The van der Waals surface area contributed by atoms with E-state index in [0.29, 0.717) is 17.9 Å². The number of aliphatic hydroxyl groups excluding tert-OH is 1. The standard InChI is InChI=1S/C15H17NO2/c17-15-7-3-5-13(9-11-15)12-4-1-2-6-14(16-18)10-8-12/h4-7,9,11,17H,1-3,8,10H2/b12-4+,14-6+. The van der Waals surface area contributed by atoms with Gasteiger partial charge in [0.25, 0.3) is 0 Å². The third-order valence-electron chi connectivity index (χ3n) is 3.17. The minimum Gasteiger partial charge on any atom is -0.508 e. The number of nitroso groups, excluding NO2 is 1. The Morgan fingerprint density at radius 1 is 1.00 bits per heavy atom. The molecule has 0 bridgehead atoms. The number of hydrogen-bond acceptors (Lipinski definition) is 3. The van der Waals surface area contributed by atoms with E-state index in [-0.39, 0.29) is 0 Å². The van der Waals surface area contributed by atoms with Crippen molar-refractivity contribution >= 4 is 0 Å². The van der Waals surface area contributed by atoms with E-state index in [1.165, 1.54) is 5.57 Å². The Morgan fingerprint density at radius 3 is 2.67 bits per heavy atom. The molecule has 0 aliphatic heterocycles. The predicted octanol–water partition coefficient (Wildman–Crippen LogP) is 4.47. The van der Waals surface area contributed by atoms with E-state index >= 15 is 0 Å². The highest BCUT2D eigenvalue weighted by atomic mass is 16.3. The van der Waals surface area contributed by atoms with Crippen molar-refractivity contribution in [2.75, 3.05) is 0 Å². The van der Waals surface area contributed by atoms with Gasteiger partial charge in [0.2, 0.25) is 0 Å². The Bertz CT molecular complexity index is 479. The molecule has 0 saturated carbocycles. The summed E-state index contributed by atoms with van der Waals surface area (Å²) < 4.78 is 0. The fraction of sp³-hybridized carbons (Fsp3) is 0.333. The second-order valence-electron chi connectivity index (χ2n) is 4.45. The van der Waals surface area contributed by atoms with Gasteiger partial charge in [-0.2, -0.15) is 0 Å². The summed E-state index contributed by atoms with van der Waals surface area (Å²) in [6, 6.07) is 0. The van der Waals surface area contributed by atoms with Crippen molar-refractivity contribution in [3.05, 3.63) is 64.0 Å². The van der Waals surface area contributed by atoms with Crippen LogP contribution >= 0.6 is 0 Å². The van der Waals surface area contributed by atoms with Crippen LogP contribution in [0.5, 0.6) is 0 Å². The minimum atomic E-state index is 0.308. The zero-order valence-electron chi connectivity index (χ0n) is 10.3. The second-order valence-corrected chi connectivity index (χ2v) is 4.45. The Kier molecular flexibility index (Phi) is 4.29. The van der Waals surface area contributed by atoms with Gasteiger partial charge in [0.05, 0.1) is 5.70 Å². The van der Waals surface area contributed by atoms with Gasteiger partial charge in [-0.3, -0.25) is 0 Å². The van der Waals surface area contributed by atoms with Gasteiger partial charge >= 0.3 is 0 Å². The molecular weight excluding hydrogens is 226 g/mol. The number of rotatable bonds is 2. The third kappa shape index (κ3) is 3.29. The van der Waals surface area contributed by atoms with E-state index in [2.05, 4.69) is 17.3 Å². The van der Waals surface area contributed by atoms with Crippen molar-refractivity contribution in [1.29, 1.82) is 0 Å². The Labute approximate surface area is 107 Å². The lowest BCUT2D eigenvalue weighted by atomic mass is 9.95. The highest BCUT2D eigenvalue weighted by Gasteiger charge is 2.08. The summed E-state index contributed by atoms with van der Waals surface area (Å²) in [6.07, 6.45) is 15.7. The van der Waals surface area contributed by atoms with Gasteiger partial charge in [0, 0.05) is 0 Å². The van der Waals surface area contributed by atoms with Gasteiger partial charge in [-0.1, -0.05) is 24.3 Å². The van der Waals surface area contributed by atoms with E-state index in [9.17, 15) is 10.0 Å². The lowest BCUT2D eigenvalue weighted by Crippen LogP contribution is -1.93. The van der Waals surface area contributed by atoms with Crippen LogP contribution in [0.4, 0.5) is 0 Å². The van der Waals surface area contributed by atoms with Gasteiger partial charge < -0.3 is 5.11 Å². The number of hydrogen-bond donors (Lipinski definition) is 1. The summed E-state index contributed by atoms with van der Waals surface area (Å²) in [5, 5.41) is 12.5. The van der Waals surface area contributed by atoms with Crippen molar-refractivity contribution in [2.24, 2.45) is 5.18 Å². The van der Waals surface area contributed by atoms with Crippen molar-refractivity contribution in [3.8, 4) is 0 Å². The predicted molar refractivity (Wildman–Crippen MR) is 73.0 cm³/mol. The molecule has 0 saturated heterocycles. The van der Waals surface area contributed by atoms with Gasteiger partial charge in [0.1, 0.15) is 5.76 Å². The molecule has 3 nitrogen and oxygen atoms in total. The first-order chi connectivity index (χ1) is 8.79. The highest BCUT2D eigenvalue weighted by molar-refractivity contribution is 5.43. The molecular formula is C15H17NO2. The van der Waals surface area contributed by atoms with Crippen molar-refractivity contribution in [1.82, 2.24) is 0 Å². The van der Waals surface area contributed by atoms with Crippen LogP contribution < -0.4 is 0 Å². The zero-order chi connectivity index (χ0) is 12.8. The molecule has 2 aliphatic rings. The Morgan fingerprint density at radius 2 is 1.83 bits per heavy atom. The van der Waals surface area contributed by atoms with Crippen LogP contribution in [-0.2, 0) is 0 Å². The minimum absolute atomic E-state index is 0.308. The monoisotopic (exact) mass is 243 g/mol. The smallest absolute Gasteiger partial charge is 0.111 e. The maximum atomic E-state index is 10.6. The molecule has 94 valence electrons. The maximum Gasteiger partial charge on any atom is 0.111 e. The molecule has 3 heteroatoms. The fourth-order valence-corrected chi connectivity index (χ4v) is 2.18.